The van der Waals surface area contributed by atoms with Crippen molar-refractivity contribution in [3.8, 4) is 0 Å². The zero-order chi connectivity index (χ0) is 17.4. The fraction of sp³-hybridized carbons (Fsp3) is 0.812. The molecule has 0 aliphatic heterocycles. The first kappa shape index (κ1) is 19.3. The Morgan fingerprint density at radius 3 is 2.35 bits per heavy atom. The van der Waals surface area contributed by atoms with E-state index in [1.165, 1.54) is 6.42 Å². The number of carbonyl (C=O) groups excluding carboxylic acids is 2. The van der Waals surface area contributed by atoms with E-state index in [0.717, 1.165) is 12.8 Å². The highest BCUT2D eigenvalue weighted by molar-refractivity contribution is 5.82. The molecule has 0 aromatic carbocycles. The van der Waals surface area contributed by atoms with Crippen LogP contribution in [-0.2, 0) is 9.59 Å². The molecule has 1 aliphatic carbocycles. The van der Waals surface area contributed by atoms with Crippen molar-refractivity contribution in [1.82, 2.24) is 16.0 Å². The molecule has 1 rings (SSSR count). The fourth-order valence-corrected chi connectivity index (χ4v) is 3.24. The van der Waals surface area contributed by atoms with E-state index in [4.69, 9.17) is 5.11 Å². The van der Waals surface area contributed by atoms with Crippen molar-refractivity contribution in [3.63, 3.8) is 0 Å². The van der Waals surface area contributed by atoms with Crippen LogP contribution in [0.15, 0.2) is 0 Å². The van der Waals surface area contributed by atoms with E-state index in [0.29, 0.717) is 30.8 Å². The van der Waals surface area contributed by atoms with E-state index in [-0.39, 0.29) is 18.4 Å². The fourth-order valence-electron chi connectivity index (χ4n) is 3.24. The van der Waals surface area contributed by atoms with Gasteiger partial charge in [-0.2, -0.15) is 0 Å². The van der Waals surface area contributed by atoms with Crippen molar-refractivity contribution in [2.45, 2.75) is 40.0 Å². The van der Waals surface area contributed by atoms with E-state index >= 15 is 0 Å². The van der Waals surface area contributed by atoms with Crippen LogP contribution in [-0.4, -0.2) is 42.6 Å². The Morgan fingerprint density at radius 2 is 1.74 bits per heavy atom. The summed E-state index contributed by atoms with van der Waals surface area (Å²) in [5, 5.41) is 15.8. The van der Waals surface area contributed by atoms with Crippen LogP contribution in [0.4, 0.5) is 4.79 Å². The quantitative estimate of drug-likeness (QED) is 0.527. The summed E-state index contributed by atoms with van der Waals surface area (Å²) in [7, 11) is 0. The molecule has 0 unspecified atom stereocenters. The van der Waals surface area contributed by atoms with Crippen molar-refractivity contribution in [2.24, 2.45) is 23.7 Å². The van der Waals surface area contributed by atoms with Gasteiger partial charge in [0.05, 0.1) is 6.54 Å². The summed E-state index contributed by atoms with van der Waals surface area (Å²) in [6, 6.07) is 0. The zero-order valence-corrected chi connectivity index (χ0v) is 14.2. The summed E-state index contributed by atoms with van der Waals surface area (Å²) in [4.78, 5) is 34.0. The SMILES string of the molecule is CC(C)[C@@H]1CC[C@@H](C)C[C@H]1C(=O)NCCNC(=O)CNC(=O)O. The topological polar surface area (TPSA) is 108 Å². The highest BCUT2D eigenvalue weighted by Gasteiger charge is 2.35. The van der Waals surface area contributed by atoms with Crippen molar-refractivity contribution in [3.05, 3.63) is 0 Å². The van der Waals surface area contributed by atoms with E-state index in [1.807, 2.05) is 5.32 Å². The lowest BCUT2D eigenvalue weighted by molar-refractivity contribution is -0.129. The molecule has 0 aromatic rings. The number of nitrogens with one attached hydrogen (secondary N) is 3. The second kappa shape index (κ2) is 9.37. The molecule has 0 heterocycles. The van der Waals surface area contributed by atoms with Gasteiger partial charge in [0.2, 0.25) is 11.8 Å². The maximum absolute atomic E-state index is 12.4. The first-order valence-corrected chi connectivity index (χ1v) is 8.32. The zero-order valence-electron chi connectivity index (χ0n) is 14.2. The molecule has 0 saturated heterocycles. The molecule has 0 radical (unpaired) electrons. The number of carbonyl (C=O) groups is 3. The summed E-state index contributed by atoms with van der Waals surface area (Å²) < 4.78 is 0. The molecule has 3 amide bonds. The number of hydrogen-bond donors (Lipinski definition) is 4. The van der Waals surface area contributed by atoms with Gasteiger partial charge in [-0.05, 0) is 30.6 Å². The van der Waals surface area contributed by atoms with Gasteiger partial charge in [-0.1, -0.05) is 27.2 Å². The Bertz CT molecular complexity index is 426. The standard InChI is InChI=1S/C16H29N3O4/c1-10(2)12-5-4-11(3)8-13(12)15(21)18-7-6-17-14(20)9-19-16(22)23/h10-13,19H,4-9H2,1-3H3,(H,17,20)(H,18,21)(H,22,23)/t11-,12+,13-/m1/s1. The van der Waals surface area contributed by atoms with Crippen LogP contribution in [0.5, 0.6) is 0 Å². The monoisotopic (exact) mass is 327 g/mol. The van der Waals surface area contributed by atoms with Gasteiger partial charge in [0.1, 0.15) is 0 Å². The Kier molecular flexibility index (Phi) is 7.85. The van der Waals surface area contributed by atoms with Gasteiger partial charge in [0.15, 0.2) is 0 Å². The lowest BCUT2D eigenvalue weighted by Crippen LogP contribution is -2.44. The third kappa shape index (κ3) is 6.88. The predicted molar refractivity (Wildman–Crippen MR) is 86.9 cm³/mol. The number of rotatable bonds is 7. The van der Waals surface area contributed by atoms with Crippen LogP contribution < -0.4 is 16.0 Å². The minimum absolute atomic E-state index is 0.0446. The molecule has 0 aromatic heterocycles. The van der Waals surface area contributed by atoms with Crippen LogP contribution in [0.3, 0.4) is 0 Å². The largest absolute Gasteiger partial charge is 0.465 e. The molecule has 1 fully saturated rings. The van der Waals surface area contributed by atoms with Crippen LogP contribution in [0.1, 0.15) is 40.0 Å². The van der Waals surface area contributed by atoms with Gasteiger partial charge in [-0.15, -0.1) is 0 Å². The highest BCUT2D eigenvalue weighted by atomic mass is 16.4. The third-order valence-electron chi connectivity index (χ3n) is 4.51. The van der Waals surface area contributed by atoms with Crippen molar-refractivity contribution >= 4 is 17.9 Å². The van der Waals surface area contributed by atoms with E-state index < -0.39 is 12.0 Å². The Morgan fingerprint density at radius 1 is 1.09 bits per heavy atom. The minimum Gasteiger partial charge on any atom is -0.465 e. The smallest absolute Gasteiger partial charge is 0.405 e. The number of amides is 3. The molecule has 1 aliphatic rings. The van der Waals surface area contributed by atoms with Gasteiger partial charge in [-0.3, -0.25) is 9.59 Å². The normalized spacial score (nSPS) is 24.1. The van der Waals surface area contributed by atoms with Gasteiger partial charge >= 0.3 is 6.09 Å². The number of carboxylic acid groups (broad SMARTS) is 1. The van der Waals surface area contributed by atoms with Crippen LogP contribution >= 0.6 is 0 Å². The van der Waals surface area contributed by atoms with E-state index in [9.17, 15) is 14.4 Å². The molecule has 7 nitrogen and oxygen atoms in total. The summed E-state index contributed by atoms with van der Waals surface area (Å²) in [6.07, 6.45) is 1.96. The first-order chi connectivity index (χ1) is 10.8. The molecular formula is C16H29N3O4. The van der Waals surface area contributed by atoms with Crippen molar-refractivity contribution < 1.29 is 19.5 Å². The molecular weight excluding hydrogens is 298 g/mol. The molecule has 0 spiro atoms. The van der Waals surface area contributed by atoms with Gasteiger partial charge in [0, 0.05) is 19.0 Å². The van der Waals surface area contributed by atoms with E-state index in [2.05, 4.69) is 31.4 Å². The molecule has 7 heteroatoms. The van der Waals surface area contributed by atoms with Crippen LogP contribution in [0.2, 0.25) is 0 Å². The average molecular weight is 327 g/mol. The van der Waals surface area contributed by atoms with E-state index in [1.54, 1.807) is 0 Å². The maximum atomic E-state index is 12.4. The maximum Gasteiger partial charge on any atom is 0.405 e. The number of hydrogen-bond acceptors (Lipinski definition) is 3. The third-order valence-corrected chi connectivity index (χ3v) is 4.51. The molecule has 3 atom stereocenters. The summed E-state index contributed by atoms with van der Waals surface area (Å²) in [5.41, 5.74) is 0. The second-order valence-corrected chi connectivity index (χ2v) is 6.73. The van der Waals surface area contributed by atoms with Crippen molar-refractivity contribution in [1.29, 1.82) is 0 Å². The van der Waals surface area contributed by atoms with Gasteiger partial charge in [0.25, 0.3) is 0 Å². The Hall–Kier alpha value is -1.79. The van der Waals surface area contributed by atoms with Crippen LogP contribution in [0, 0.1) is 23.7 Å². The summed E-state index contributed by atoms with van der Waals surface area (Å²) >= 11 is 0. The molecule has 0 bridgehead atoms. The van der Waals surface area contributed by atoms with Crippen LogP contribution in [0.25, 0.3) is 0 Å². The van der Waals surface area contributed by atoms with Gasteiger partial charge in [-0.25, -0.2) is 4.79 Å². The molecule has 4 N–H and O–H groups in total. The molecule has 23 heavy (non-hydrogen) atoms. The Labute approximate surface area is 137 Å². The Balaban J connectivity index is 2.31. The summed E-state index contributed by atoms with van der Waals surface area (Å²) in [5.74, 6) is 1.17. The lowest BCUT2D eigenvalue weighted by atomic mass is 9.70. The summed E-state index contributed by atoms with van der Waals surface area (Å²) in [6.45, 7) is 6.88. The van der Waals surface area contributed by atoms with Gasteiger partial charge < -0.3 is 21.1 Å². The molecule has 1 saturated carbocycles. The second-order valence-electron chi connectivity index (χ2n) is 6.73. The molecule has 132 valence electrons. The van der Waals surface area contributed by atoms with Crippen molar-refractivity contribution in [2.75, 3.05) is 19.6 Å². The minimum atomic E-state index is -1.24. The lowest BCUT2D eigenvalue weighted by Gasteiger charge is -2.36. The highest BCUT2D eigenvalue weighted by Crippen LogP contribution is 2.37. The average Bonchev–Trinajstić information content (AvgIpc) is 2.48. The predicted octanol–water partition coefficient (Wildman–Crippen LogP) is 1.19. The first-order valence-electron chi connectivity index (χ1n) is 8.32.